The van der Waals surface area contributed by atoms with Crippen molar-refractivity contribution in [2.75, 3.05) is 17.2 Å². The standard InChI is InChI=1S/C17H28N2/c1-13(2)10-11-19(15-6-4-5-7-15)17-12-14(3)8-9-16(17)18/h8-9,12-13,15H,4-7,10-11,18H2,1-3H3. The molecule has 0 amide bonds. The summed E-state index contributed by atoms with van der Waals surface area (Å²) in [6.45, 7) is 7.88. The molecule has 2 N–H and O–H groups in total. The van der Waals surface area contributed by atoms with Gasteiger partial charge in [0.05, 0.1) is 11.4 Å². The molecule has 0 saturated heterocycles. The van der Waals surface area contributed by atoms with Crippen LogP contribution in [0.4, 0.5) is 11.4 Å². The van der Waals surface area contributed by atoms with Crippen molar-refractivity contribution < 1.29 is 0 Å². The molecule has 1 saturated carbocycles. The van der Waals surface area contributed by atoms with Crippen molar-refractivity contribution in [3.63, 3.8) is 0 Å². The van der Waals surface area contributed by atoms with Crippen LogP contribution in [0.25, 0.3) is 0 Å². The van der Waals surface area contributed by atoms with Gasteiger partial charge < -0.3 is 10.6 Å². The number of nitrogens with two attached hydrogens (primary N) is 1. The van der Waals surface area contributed by atoms with Crippen LogP contribution in [0, 0.1) is 12.8 Å². The minimum absolute atomic E-state index is 0.697. The lowest BCUT2D eigenvalue weighted by molar-refractivity contribution is 0.529. The number of rotatable bonds is 5. The van der Waals surface area contributed by atoms with E-state index >= 15 is 0 Å². The molecule has 0 spiro atoms. The molecule has 106 valence electrons. The molecular weight excluding hydrogens is 232 g/mol. The number of nitrogens with zero attached hydrogens (tertiary/aromatic N) is 1. The van der Waals surface area contributed by atoms with Gasteiger partial charge in [0.2, 0.25) is 0 Å². The first kappa shape index (κ1) is 14.2. The van der Waals surface area contributed by atoms with E-state index in [1.165, 1.54) is 43.4 Å². The second kappa shape index (κ2) is 6.31. The van der Waals surface area contributed by atoms with E-state index in [4.69, 9.17) is 5.73 Å². The van der Waals surface area contributed by atoms with Crippen molar-refractivity contribution in [1.29, 1.82) is 0 Å². The lowest BCUT2D eigenvalue weighted by atomic mass is 10.1. The average Bonchev–Trinajstić information content (AvgIpc) is 2.87. The Hall–Kier alpha value is -1.18. The van der Waals surface area contributed by atoms with Gasteiger partial charge in [-0.15, -0.1) is 0 Å². The van der Waals surface area contributed by atoms with E-state index < -0.39 is 0 Å². The molecule has 1 aliphatic rings. The fourth-order valence-electron chi connectivity index (χ4n) is 3.02. The van der Waals surface area contributed by atoms with Gasteiger partial charge in [0.25, 0.3) is 0 Å². The predicted octanol–water partition coefficient (Wildman–Crippen LogP) is 4.37. The average molecular weight is 260 g/mol. The van der Waals surface area contributed by atoms with Gasteiger partial charge in [0.1, 0.15) is 0 Å². The first-order valence-electron chi connectivity index (χ1n) is 7.70. The molecule has 0 heterocycles. The lowest BCUT2D eigenvalue weighted by Gasteiger charge is -2.33. The van der Waals surface area contributed by atoms with E-state index in [2.05, 4.69) is 43.9 Å². The summed E-state index contributed by atoms with van der Waals surface area (Å²) in [6.07, 6.45) is 6.63. The summed E-state index contributed by atoms with van der Waals surface area (Å²) in [5.41, 5.74) is 9.71. The van der Waals surface area contributed by atoms with Gasteiger partial charge in [-0.05, 0) is 49.8 Å². The summed E-state index contributed by atoms with van der Waals surface area (Å²) in [7, 11) is 0. The monoisotopic (exact) mass is 260 g/mol. The third-order valence-electron chi connectivity index (χ3n) is 4.21. The molecule has 19 heavy (non-hydrogen) atoms. The lowest BCUT2D eigenvalue weighted by Crippen LogP contribution is -2.35. The van der Waals surface area contributed by atoms with Crippen molar-refractivity contribution in [3.05, 3.63) is 23.8 Å². The fraction of sp³-hybridized carbons (Fsp3) is 0.647. The molecule has 0 atom stereocenters. The third-order valence-corrected chi connectivity index (χ3v) is 4.21. The summed E-state index contributed by atoms with van der Waals surface area (Å²) >= 11 is 0. The van der Waals surface area contributed by atoms with Crippen LogP contribution in [0.15, 0.2) is 18.2 Å². The van der Waals surface area contributed by atoms with E-state index in [9.17, 15) is 0 Å². The molecule has 2 nitrogen and oxygen atoms in total. The van der Waals surface area contributed by atoms with Crippen LogP contribution in [0.2, 0.25) is 0 Å². The molecular formula is C17H28N2. The highest BCUT2D eigenvalue weighted by Crippen LogP contribution is 2.32. The van der Waals surface area contributed by atoms with E-state index in [0.717, 1.165) is 18.2 Å². The highest BCUT2D eigenvalue weighted by molar-refractivity contribution is 5.69. The van der Waals surface area contributed by atoms with Crippen LogP contribution < -0.4 is 10.6 Å². The van der Waals surface area contributed by atoms with Crippen LogP contribution in [0.5, 0.6) is 0 Å². The maximum atomic E-state index is 6.22. The Morgan fingerprint density at radius 3 is 2.58 bits per heavy atom. The summed E-state index contributed by atoms with van der Waals surface area (Å²) in [4.78, 5) is 2.58. The Labute approximate surface area is 118 Å². The predicted molar refractivity (Wildman–Crippen MR) is 84.6 cm³/mol. The summed E-state index contributed by atoms with van der Waals surface area (Å²) in [6, 6.07) is 7.12. The topological polar surface area (TPSA) is 29.3 Å². The van der Waals surface area contributed by atoms with E-state index in [1.807, 2.05) is 0 Å². The molecule has 1 aromatic rings. The van der Waals surface area contributed by atoms with Gasteiger partial charge in [-0.25, -0.2) is 0 Å². The molecule has 1 fully saturated rings. The van der Waals surface area contributed by atoms with E-state index in [-0.39, 0.29) is 0 Å². The molecule has 0 aliphatic heterocycles. The minimum atomic E-state index is 0.697. The number of anilines is 2. The third kappa shape index (κ3) is 3.65. The van der Waals surface area contributed by atoms with Crippen LogP contribution in [0.1, 0.15) is 51.5 Å². The zero-order chi connectivity index (χ0) is 13.8. The van der Waals surface area contributed by atoms with Crippen LogP contribution in [0.3, 0.4) is 0 Å². The molecule has 0 bridgehead atoms. The van der Waals surface area contributed by atoms with Gasteiger partial charge in [0, 0.05) is 12.6 Å². The van der Waals surface area contributed by atoms with Crippen molar-refractivity contribution in [2.45, 2.75) is 58.9 Å². The Morgan fingerprint density at radius 1 is 1.26 bits per heavy atom. The first-order valence-corrected chi connectivity index (χ1v) is 7.70. The molecule has 0 radical (unpaired) electrons. The van der Waals surface area contributed by atoms with E-state index in [1.54, 1.807) is 0 Å². The van der Waals surface area contributed by atoms with Gasteiger partial charge in [-0.1, -0.05) is 32.8 Å². The molecule has 2 rings (SSSR count). The number of nitrogen functional groups attached to an aromatic ring is 1. The quantitative estimate of drug-likeness (QED) is 0.796. The molecule has 1 aromatic carbocycles. The minimum Gasteiger partial charge on any atom is -0.397 e. The Bertz CT molecular complexity index is 406. The highest BCUT2D eigenvalue weighted by Gasteiger charge is 2.24. The highest BCUT2D eigenvalue weighted by atomic mass is 15.2. The second-order valence-corrected chi connectivity index (χ2v) is 6.38. The first-order chi connectivity index (χ1) is 9.08. The maximum absolute atomic E-state index is 6.22. The van der Waals surface area contributed by atoms with Crippen molar-refractivity contribution in [1.82, 2.24) is 0 Å². The van der Waals surface area contributed by atoms with Crippen molar-refractivity contribution in [3.8, 4) is 0 Å². The number of hydrogen-bond acceptors (Lipinski definition) is 2. The van der Waals surface area contributed by atoms with E-state index in [0.29, 0.717) is 6.04 Å². The largest absolute Gasteiger partial charge is 0.397 e. The van der Waals surface area contributed by atoms with Gasteiger partial charge in [-0.2, -0.15) is 0 Å². The zero-order valence-electron chi connectivity index (χ0n) is 12.7. The normalized spacial score (nSPS) is 16.2. The van der Waals surface area contributed by atoms with Gasteiger partial charge in [0.15, 0.2) is 0 Å². The number of benzene rings is 1. The fourth-order valence-corrected chi connectivity index (χ4v) is 3.02. The van der Waals surface area contributed by atoms with Crippen LogP contribution in [-0.4, -0.2) is 12.6 Å². The summed E-state index contributed by atoms with van der Waals surface area (Å²) < 4.78 is 0. The number of aryl methyl sites for hydroxylation is 1. The van der Waals surface area contributed by atoms with Gasteiger partial charge >= 0.3 is 0 Å². The van der Waals surface area contributed by atoms with Crippen molar-refractivity contribution in [2.24, 2.45) is 5.92 Å². The smallest absolute Gasteiger partial charge is 0.0605 e. The van der Waals surface area contributed by atoms with Crippen LogP contribution in [-0.2, 0) is 0 Å². The Balaban J connectivity index is 2.21. The summed E-state index contributed by atoms with van der Waals surface area (Å²) in [5, 5.41) is 0. The SMILES string of the molecule is Cc1ccc(N)c(N(CCC(C)C)C2CCCC2)c1. The second-order valence-electron chi connectivity index (χ2n) is 6.38. The molecule has 1 aliphatic carbocycles. The zero-order valence-corrected chi connectivity index (χ0v) is 12.7. The molecule has 0 unspecified atom stereocenters. The Kier molecular flexibility index (Phi) is 4.73. The van der Waals surface area contributed by atoms with Crippen LogP contribution >= 0.6 is 0 Å². The van der Waals surface area contributed by atoms with Crippen molar-refractivity contribution >= 4 is 11.4 Å². The van der Waals surface area contributed by atoms with Gasteiger partial charge in [-0.3, -0.25) is 0 Å². The number of hydrogen-bond donors (Lipinski definition) is 1. The Morgan fingerprint density at radius 2 is 1.95 bits per heavy atom. The summed E-state index contributed by atoms with van der Waals surface area (Å²) in [5.74, 6) is 0.745. The molecule has 0 aromatic heterocycles. The maximum Gasteiger partial charge on any atom is 0.0605 e. The molecule has 2 heteroatoms.